The first-order valence-corrected chi connectivity index (χ1v) is 22.1. The fourth-order valence-electron chi connectivity index (χ4n) is 8.07. The van der Waals surface area contributed by atoms with E-state index in [1.807, 2.05) is 6.20 Å². The van der Waals surface area contributed by atoms with Crippen molar-refractivity contribution in [2.75, 3.05) is 21.4 Å². The first-order chi connectivity index (χ1) is 28.4. The van der Waals surface area contributed by atoms with Crippen molar-refractivity contribution in [3.8, 4) is 33.8 Å². The number of pyridine rings is 1. The van der Waals surface area contributed by atoms with Crippen molar-refractivity contribution >= 4 is 68.1 Å². The fourth-order valence-corrected chi connectivity index (χ4v) is 11.0. The predicted molar refractivity (Wildman–Crippen MR) is 242 cm³/mol. The molecule has 0 unspecified atom stereocenters. The normalized spacial score (nSPS) is 13.2. The second kappa shape index (κ2) is 14.9. The summed E-state index contributed by atoms with van der Waals surface area (Å²) >= 11 is -0.604. The van der Waals surface area contributed by atoms with E-state index in [9.17, 15) is 0 Å². The van der Waals surface area contributed by atoms with Gasteiger partial charge in [0.1, 0.15) is 0 Å². The molecule has 0 atom stereocenters. The Hall–Kier alpha value is -6.32. The third kappa shape index (κ3) is 6.69. The summed E-state index contributed by atoms with van der Waals surface area (Å²) in [6.45, 7) is 7.40. The van der Waals surface area contributed by atoms with Gasteiger partial charge in [0.2, 0.25) is 0 Å². The first-order valence-electron chi connectivity index (χ1n) is 19.7. The molecular formula is C52H42N4OTe. The van der Waals surface area contributed by atoms with Crippen LogP contribution >= 0.6 is 0 Å². The Bertz CT molecular complexity index is 2720. The van der Waals surface area contributed by atoms with E-state index >= 15 is 0 Å². The van der Waals surface area contributed by atoms with E-state index in [1.165, 1.54) is 46.4 Å². The van der Waals surface area contributed by atoms with Gasteiger partial charge in [-0.25, -0.2) is 0 Å². The number of hydrogen-bond acceptors (Lipinski definition) is 5. The molecule has 0 aliphatic carbocycles. The zero-order valence-electron chi connectivity index (χ0n) is 32.7. The van der Waals surface area contributed by atoms with Gasteiger partial charge in [0, 0.05) is 11.1 Å². The summed E-state index contributed by atoms with van der Waals surface area (Å²) < 4.78 is 9.55. The molecule has 0 saturated carbocycles. The molecule has 0 N–H and O–H groups in total. The van der Waals surface area contributed by atoms with Crippen LogP contribution in [-0.2, 0) is 5.41 Å². The van der Waals surface area contributed by atoms with Crippen LogP contribution < -0.4 is 26.7 Å². The van der Waals surface area contributed by atoms with Crippen LogP contribution in [0, 0.1) is 0 Å². The summed E-state index contributed by atoms with van der Waals surface area (Å²) in [5.41, 5.74) is 12.9. The number of fused-ring (bicyclic) bond motifs is 3. The first kappa shape index (κ1) is 36.0. The molecule has 0 bridgehead atoms. The van der Waals surface area contributed by atoms with Gasteiger partial charge in [-0.15, -0.1) is 0 Å². The molecule has 58 heavy (non-hydrogen) atoms. The number of benzene rings is 7. The molecule has 10 rings (SSSR count). The fraction of sp³-hybridized carbons (Fsp3) is 0.0962. The van der Waals surface area contributed by atoms with Crippen molar-refractivity contribution in [2.24, 2.45) is 0 Å². The van der Waals surface area contributed by atoms with E-state index in [2.05, 4.69) is 217 Å². The number of nitrogens with zero attached hydrogens (tertiary/aromatic N) is 4. The molecule has 0 amide bonds. The molecular weight excluding hydrogens is 824 g/mol. The average Bonchev–Trinajstić information content (AvgIpc) is 3.65. The number of para-hydroxylation sites is 4. The van der Waals surface area contributed by atoms with Gasteiger partial charge in [0.05, 0.1) is 0 Å². The van der Waals surface area contributed by atoms with Gasteiger partial charge in [-0.3, -0.25) is 0 Å². The molecule has 3 heterocycles. The molecule has 0 saturated heterocycles. The summed E-state index contributed by atoms with van der Waals surface area (Å²) in [7, 11) is 0. The van der Waals surface area contributed by atoms with E-state index in [1.54, 1.807) is 0 Å². The van der Waals surface area contributed by atoms with Gasteiger partial charge in [0.25, 0.3) is 0 Å². The zero-order valence-corrected chi connectivity index (χ0v) is 35.0. The summed E-state index contributed by atoms with van der Waals surface area (Å²) in [6.07, 6.45) is 1.94. The van der Waals surface area contributed by atoms with Crippen molar-refractivity contribution in [3.63, 3.8) is 0 Å². The number of hydrogen-bond donors (Lipinski definition) is 0. The zero-order chi connectivity index (χ0) is 39.2. The molecule has 2 aliphatic heterocycles. The Balaban J connectivity index is 1.01. The Kier molecular flexibility index (Phi) is 9.25. The number of aromatic nitrogens is 1. The molecule has 0 fully saturated rings. The van der Waals surface area contributed by atoms with Gasteiger partial charge in [0.15, 0.2) is 0 Å². The number of ether oxygens (including phenoxy) is 1. The van der Waals surface area contributed by atoms with Gasteiger partial charge in [-0.1, -0.05) is 84.9 Å². The molecule has 2 aliphatic rings. The molecule has 282 valence electrons. The molecule has 5 nitrogen and oxygen atoms in total. The monoisotopic (exact) mass is 868 g/mol. The summed E-state index contributed by atoms with van der Waals surface area (Å²) in [5.74, 6) is 2.51. The second-order valence-electron chi connectivity index (χ2n) is 15.7. The Morgan fingerprint density at radius 2 is 1.12 bits per heavy atom. The summed E-state index contributed by atoms with van der Waals surface area (Å²) in [5, 5.41) is 0. The third-order valence-electron chi connectivity index (χ3n) is 10.9. The van der Waals surface area contributed by atoms with E-state index in [4.69, 9.17) is 9.72 Å². The number of anilines is 7. The van der Waals surface area contributed by atoms with Gasteiger partial charge >= 0.3 is 246 Å². The maximum absolute atomic E-state index is 6.78. The van der Waals surface area contributed by atoms with Gasteiger partial charge in [-0.2, -0.15) is 0 Å². The van der Waals surface area contributed by atoms with E-state index in [0.717, 1.165) is 40.1 Å². The number of rotatable bonds is 7. The van der Waals surface area contributed by atoms with Crippen LogP contribution in [0.2, 0.25) is 0 Å². The standard InChI is InChI=1S/C52H42N4OTe/c1-52(2,3)38-30-31-53-50(32-38)56-46-26-12-13-27-48(46)58-49-29-28-41(34-47(49)56)57-40-21-14-20-39(33-40)54-35-55(45-25-11-10-24-44(45)54)51-42(36-16-6-4-7-17-36)22-15-23-43(51)37-18-8-5-9-19-37/h4-34H,35H2,1-3H3. The van der Waals surface area contributed by atoms with Crippen molar-refractivity contribution < 1.29 is 4.74 Å². The second-order valence-corrected chi connectivity index (χ2v) is 18.8. The van der Waals surface area contributed by atoms with E-state index in [-0.39, 0.29) is 5.41 Å². The van der Waals surface area contributed by atoms with Crippen molar-refractivity contribution in [2.45, 2.75) is 26.2 Å². The van der Waals surface area contributed by atoms with Crippen molar-refractivity contribution in [1.29, 1.82) is 0 Å². The SMILES string of the molecule is CC(C)(C)c1ccnc(N2c3ccccc3[Te]c3ccc(Oc4cccc(N5CN(c6c(-c7ccccc7)cccc6-c6ccccc6)c6ccccc65)c4)cc32)c1. The summed E-state index contributed by atoms with van der Waals surface area (Å²) in [6, 6.07) is 65.0. The molecule has 1 aromatic heterocycles. The Labute approximate surface area is 350 Å². The Morgan fingerprint density at radius 1 is 0.517 bits per heavy atom. The van der Waals surface area contributed by atoms with Crippen LogP contribution in [0.1, 0.15) is 26.3 Å². The van der Waals surface area contributed by atoms with Gasteiger partial charge in [-0.05, 0) is 11.1 Å². The molecule has 6 heteroatoms. The molecule has 0 spiro atoms. The third-order valence-corrected chi connectivity index (χ3v) is 14.2. The minimum absolute atomic E-state index is 0.00232. The quantitative estimate of drug-likeness (QED) is 0.149. The molecule has 8 aromatic rings. The van der Waals surface area contributed by atoms with Crippen LogP contribution in [0.15, 0.2) is 188 Å². The van der Waals surface area contributed by atoms with E-state index < -0.39 is 20.9 Å². The average molecular weight is 867 g/mol. The maximum atomic E-state index is 6.78. The summed E-state index contributed by atoms with van der Waals surface area (Å²) in [4.78, 5) is 12.1. The molecule has 0 radical (unpaired) electrons. The molecule has 7 aromatic carbocycles. The Morgan fingerprint density at radius 3 is 1.83 bits per heavy atom. The van der Waals surface area contributed by atoms with Crippen molar-refractivity contribution in [1.82, 2.24) is 4.98 Å². The predicted octanol–water partition coefficient (Wildman–Crippen LogP) is 12.2. The van der Waals surface area contributed by atoms with Crippen molar-refractivity contribution in [3.05, 3.63) is 194 Å². The van der Waals surface area contributed by atoms with Crippen LogP contribution in [0.3, 0.4) is 0 Å². The van der Waals surface area contributed by atoms with Crippen LogP contribution in [0.5, 0.6) is 11.5 Å². The minimum atomic E-state index is -0.604. The topological polar surface area (TPSA) is 31.8 Å². The van der Waals surface area contributed by atoms with E-state index in [0.29, 0.717) is 6.67 Å². The van der Waals surface area contributed by atoms with Crippen LogP contribution in [0.25, 0.3) is 22.3 Å². The van der Waals surface area contributed by atoms with Crippen LogP contribution in [-0.4, -0.2) is 32.6 Å². The van der Waals surface area contributed by atoms with Gasteiger partial charge < -0.3 is 0 Å². The van der Waals surface area contributed by atoms with Crippen LogP contribution in [0.4, 0.5) is 39.9 Å².